The zero-order valence-electron chi connectivity index (χ0n) is 7.53. The number of likely N-dealkylation sites (N-methyl/N-ethyl adjacent to an activating group) is 1. The summed E-state index contributed by atoms with van der Waals surface area (Å²) in [5.74, 6) is -1.00. The first-order valence-electron chi connectivity index (χ1n) is 3.20. The molecule has 0 saturated carbocycles. The number of carboxylic acid groups (broad SMARTS) is 2. The Morgan fingerprint density at radius 3 is 1.67 bits per heavy atom. The fraction of sp³-hybridized carbons (Fsp3) is 0.667. The summed E-state index contributed by atoms with van der Waals surface area (Å²) < 4.78 is 0.419. The minimum atomic E-state index is -1.08. The Hall–Kier alpha value is -1.14. The molecule has 0 radical (unpaired) electrons. The molecule has 0 aromatic heterocycles. The molecule has 0 atom stereocenters. The summed E-state index contributed by atoms with van der Waals surface area (Å²) >= 11 is 0. The van der Waals surface area contributed by atoms with Gasteiger partial charge in [0, 0.05) is 0 Å². The SMILES string of the molecule is C[N+](C)(C)CC(=O)[O-].[NH3+]C(=O)O. The van der Waals surface area contributed by atoms with Crippen LogP contribution in [0, 0.1) is 0 Å². The first kappa shape index (κ1) is 13.4. The highest BCUT2D eigenvalue weighted by atomic mass is 16.4. The average Bonchev–Trinajstić information content (AvgIpc) is 1.52. The quantitative estimate of drug-likeness (QED) is 0.451. The lowest BCUT2D eigenvalue weighted by Gasteiger charge is -2.23. The van der Waals surface area contributed by atoms with Crippen molar-refractivity contribution in [2.45, 2.75) is 0 Å². The van der Waals surface area contributed by atoms with Gasteiger partial charge in [-0.25, -0.2) is 0 Å². The van der Waals surface area contributed by atoms with Crippen LogP contribution in [-0.2, 0) is 4.79 Å². The molecule has 0 aliphatic carbocycles. The van der Waals surface area contributed by atoms with Gasteiger partial charge >= 0.3 is 6.09 Å². The summed E-state index contributed by atoms with van der Waals surface area (Å²) in [6.07, 6.45) is -1.08. The van der Waals surface area contributed by atoms with Crippen molar-refractivity contribution in [2.24, 2.45) is 0 Å². The van der Waals surface area contributed by atoms with Gasteiger partial charge in [0.05, 0.1) is 27.1 Å². The van der Waals surface area contributed by atoms with Crippen LogP contribution in [0.2, 0.25) is 0 Å². The van der Waals surface area contributed by atoms with E-state index in [-0.39, 0.29) is 6.54 Å². The molecule has 0 aromatic rings. The van der Waals surface area contributed by atoms with Gasteiger partial charge in [-0.15, -0.1) is 0 Å². The third kappa shape index (κ3) is 36.7. The fourth-order valence-electron chi connectivity index (χ4n) is 0.387. The van der Waals surface area contributed by atoms with Crippen LogP contribution < -0.4 is 10.8 Å². The maximum atomic E-state index is 9.89. The third-order valence-electron chi connectivity index (χ3n) is 0.603. The number of rotatable bonds is 2. The summed E-state index contributed by atoms with van der Waals surface area (Å²) in [7, 11) is 5.40. The topological polar surface area (TPSA) is 105 Å². The number of hydrogen-bond donors (Lipinski definition) is 2. The Balaban J connectivity index is 0. The molecule has 0 aromatic carbocycles. The predicted molar refractivity (Wildman–Crippen MR) is 38.8 cm³/mol. The van der Waals surface area contributed by atoms with E-state index in [1.807, 2.05) is 0 Å². The molecular formula is C6H15N2O4+. The molecule has 0 bridgehead atoms. The average molecular weight is 179 g/mol. The molecule has 0 saturated heterocycles. The van der Waals surface area contributed by atoms with Crippen molar-refractivity contribution in [3.63, 3.8) is 0 Å². The van der Waals surface area contributed by atoms with Crippen molar-refractivity contribution >= 4 is 12.1 Å². The molecule has 0 fully saturated rings. The molecule has 1 amide bonds. The highest BCUT2D eigenvalue weighted by molar-refractivity contribution is 5.65. The van der Waals surface area contributed by atoms with Crippen LogP contribution >= 0.6 is 0 Å². The molecule has 0 spiro atoms. The zero-order valence-corrected chi connectivity index (χ0v) is 7.53. The molecule has 12 heavy (non-hydrogen) atoms. The van der Waals surface area contributed by atoms with E-state index in [1.54, 1.807) is 21.1 Å². The van der Waals surface area contributed by atoms with Crippen LogP contribution in [0.25, 0.3) is 0 Å². The normalized spacial score (nSPS) is 9.67. The van der Waals surface area contributed by atoms with Crippen LogP contribution in [0.3, 0.4) is 0 Å². The Morgan fingerprint density at radius 1 is 1.42 bits per heavy atom. The number of carbonyl (C=O) groups is 2. The van der Waals surface area contributed by atoms with E-state index in [4.69, 9.17) is 9.90 Å². The van der Waals surface area contributed by atoms with E-state index in [0.717, 1.165) is 0 Å². The minimum Gasteiger partial charge on any atom is -0.544 e. The number of quaternary nitrogens is 2. The Bertz CT molecular complexity index is 157. The lowest BCUT2D eigenvalue weighted by atomic mass is 10.5. The summed E-state index contributed by atoms with van der Waals surface area (Å²) in [6, 6.07) is 0. The summed E-state index contributed by atoms with van der Waals surface area (Å²) in [5, 5.41) is 17.2. The van der Waals surface area contributed by atoms with Crippen molar-refractivity contribution < 1.29 is 30.0 Å². The monoisotopic (exact) mass is 179 g/mol. The molecule has 0 heterocycles. The molecule has 0 aliphatic rings. The maximum absolute atomic E-state index is 9.89. The summed E-state index contributed by atoms with van der Waals surface area (Å²) in [4.78, 5) is 18.8. The van der Waals surface area contributed by atoms with Gasteiger partial charge in [0.15, 0.2) is 0 Å². The van der Waals surface area contributed by atoms with E-state index in [9.17, 15) is 9.90 Å². The lowest BCUT2D eigenvalue weighted by molar-refractivity contribution is -0.864. The number of carboxylic acids is 1. The standard InChI is InChI=1S/C5H11NO2.CH3NO2/c1-6(2,3)4-5(7)8;2-1(3)4/h4H2,1-3H3;2H2,(H,3,4)/p+1. The van der Waals surface area contributed by atoms with Gasteiger partial charge < -0.3 is 19.5 Å². The zero-order chi connectivity index (χ0) is 10.4. The van der Waals surface area contributed by atoms with Gasteiger partial charge in [0.2, 0.25) is 0 Å². The fourth-order valence-corrected chi connectivity index (χ4v) is 0.387. The predicted octanol–water partition coefficient (Wildman–Crippen LogP) is -2.65. The molecule has 4 N–H and O–H groups in total. The van der Waals surface area contributed by atoms with Gasteiger partial charge in [-0.3, -0.25) is 5.73 Å². The Kier molecular flexibility index (Phi) is 6.17. The minimum absolute atomic E-state index is 0.0694. The second kappa shape index (κ2) is 5.50. The molecule has 6 heteroatoms. The number of hydrogen-bond acceptors (Lipinski definition) is 3. The van der Waals surface area contributed by atoms with Gasteiger partial charge in [-0.1, -0.05) is 0 Å². The lowest BCUT2D eigenvalue weighted by Crippen LogP contribution is -2.55. The molecule has 0 unspecified atom stereocenters. The van der Waals surface area contributed by atoms with Crippen molar-refractivity contribution in [1.29, 1.82) is 0 Å². The Morgan fingerprint density at radius 2 is 1.67 bits per heavy atom. The first-order valence-corrected chi connectivity index (χ1v) is 3.20. The van der Waals surface area contributed by atoms with Crippen molar-refractivity contribution in [3.05, 3.63) is 0 Å². The third-order valence-corrected chi connectivity index (χ3v) is 0.603. The van der Waals surface area contributed by atoms with Crippen LogP contribution in [0.15, 0.2) is 0 Å². The molecule has 0 rings (SSSR count). The van der Waals surface area contributed by atoms with E-state index < -0.39 is 12.1 Å². The first-order chi connectivity index (χ1) is 5.15. The van der Waals surface area contributed by atoms with Crippen LogP contribution in [-0.4, -0.2) is 49.3 Å². The number of amides is 1. The van der Waals surface area contributed by atoms with Crippen LogP contribution in [0.1, 0.15) is 0 Å². The molecule has 0 aliphatic heterocycles. The van der Waals surface area contributed by atoms with Gasteiger partial charge in [0.25, 0.3) is 0 Å². The second-order valence-corrected chi connectivity index (χ2v) is 3.21. The van der Waals surface area contributed by atoms with E-state index in [0.29, 0.717) is 4.48 Å². The molecule has 72 valence electrons. The van der Waals surface area contributed by atoms with Crippen LogP contribution in [0.5, 0.6) is 0 Å². The largest absolute Gasteiger partial charge is 0.544 e. The molecule has 6 nitrogen and oxygen atoms in total. The van der Waals surface area contributed by atoms with E-state index in [1.165, 1.54) is 0 Å². The van der Waals surface area contributed by atoms with E-state index >= 15 is 0 Å². The van der Waals surface area contributed by atoms with Crippen molar-refractivity contribution in [1.82, 2.24) is 0 Å². The van der Waals surface area contributed by atoms with Crippen LogP contribution in [0.4, 0.5) is 4.79 Å². The van der Waals surface area contributed by atoms with Crippen molar-refractivity contribution in [2.75, 3.05) is 27.7 Å². The van der Waals surface area contributed by atoms with E-state index in [2.05, 4.69) is 5.73 Å². The Labute approximate surface area is 70.8 Å². The van der Waals surface area contributed by atoms with Crippen molar-refractivity contribution in [3.8, 4) is 0 Å². The summed E-state index contributed by atoms with van der Waals surface area (Å²) in [6.45, 7) is 0.0694. The number of carbonyl (C=O) groups excluding carboxylic acids is 1. The van der Waals surface area contributed by atoms with Gasteiger partial charge in [-0.2, -0.15) is 4.79 Å². The van der Waals surface area contributed by atoms with Gasteiger partial charge in [0.1, 0.15) is 6.54 Å². The highest BCUT2D eigenvalue weighted by Crippen LogP contribution is 1.84. The smallest absolute Gasteiger partial charge is 0.508 e. The van der Waals surface area contributed by atoms with Gasteiger partial charge in [-0.05, 0) is 0 Å². The number of aliphatic carboxylic acids is 1. The second-order valence-electron chi connectivity index (χ2n) is 3.21. The number of nitrogens with zero attached hydrogens (tertiary/aromatic N) is 1. The molecular weight excluding hydrogens is 164 g/mol. The summed E-state index contributed by atoms with van der Waals surface area (Å²) in [5.41, 5.74) is 2.56. The highest BCUT2D eigenvalue weighted by Gasteiger charge is 2.04. The maximum Gasteiger partial charge on any atom is 0.508 e.